The highest BCUT2D eigenvalue weighted by Crippen LogP contribution is 2.10. The molecule has 1 aromatic rings. The molecule has 0 spiro atoms. The third-order valence-electron chi connectivity index (χ3n) is 3.07. The summed E-state index contributed by atoms with van der Waals surface area (Å²) in [5.74, 6) is 0. The van der Waals surface area contributed by atoms with E-state index in [1.165, 1.54) is 31.4 Å². The van der Waals surface area contributed by atoms with Crippen LogP contribution in [0.2, 0.25) is 5.02 Å². The molecule has 2 nitrogen and oxygen atoms in total. The van der Waals surface area contributed by atoms with E-state index < -0.39 is 0 Å². The maximum atomic E-state index is 5.83. The van der Waals surface area contributed by atoms with Crippen LogP contribution in [-0.2, 0) is 6.54 Å². The molecule has 1 fully saturated rings. The van der Waals surface area contributed by atoms with Gasteiger partial charge in [-0.2, -0.15) is 0 Å². The van der Waals surface area contributed by atoms with Gasteiger partial charge in [-0.25, -0.2) is 0 Å². The van der Waals surface area contributed by atoms with Gasteiger partial charge in [-0.15, -0.1) is 0 Å². The number of halogens is 1. The fourth-order valence-electron chi connectivity index (χ4n) is 2.11. The lowest BCUT2D eigenvalue weighted by Gasteiger charge is -2.10. The lowest BCUT2D eigenvalue weighted by atomic mass is 10.1. The first kappa shape index (κ1) is 11.9. The molecule has 0 aromatic heterocycles. The van der Waals surface area contributed by atoms with E-state index >= 15 is 0 Å². The van der Waals surface area contributed by atoms with E-state index in [0.29, 0.717) is 0 Å². The quantitative estimate of drug-likeness (QED) is 0.771. The van der Waals surface area contributed by atoms with E-state index in [1.807, 2.05) is 12.1 Å². The third kappa shape index (κ3) is 3.78. The van der Waals surface area contributed by atoms with Crippen molar-refractivity contribution in [1.82, 2.24) is 10.6 Å². The summed E-state index contributed by atoms with van der Waals surface area (Å²) in [6.45, 7) is 3.21. The fourth-order valence-corrected chi connectivity index (χ4v) is 2.24. The molecule has 1 unspecified atom stereocenters. The highest BCUT2D eigenvalue weighted by atomic mass is 35.5. The van der Waals surface area contributed by atoms with Crippen LogP contribution in [0.5, 0.6) is 0 Å². The van der Waals surface area contributed by atoms with Gasteiger partial charge in [0.1, 0.15) is 0 Å². The third-order valence-corrected chi connectivity index (χ3v) is 3.33. The summed E-state index contributed by atoms with van der Waals surface area (Å²) in [7, 11) is 0. The first-order chi connectivity index (χ1) is 7.84. The van der Waals surface area contributed by atoms with Gasteiger partial charge in [0.05, 0.1) is 0 Å². The second-order valence-electron chi connectivity index (χ2n) is 4.39. The van der Waals surface area contributed by atoms with Crippen LogP contribution < -0.4 is 10.6 Å². The molecule has 16 heavy (non-hydrogen) atoms. The zero-order valence-corrected chi connectivity index (χ0v) is 10.3. The maximum Gasteiger partial charge on any atom is 0.0406 e. The Morgan fingerprint density at radius 3 is 2.81 bits per heavy atom. The molecule has 0 aliphatic carbocycles. The average Bonchev–Trinajstić information content (AvgIpc) is 2.80. The van der Waals surface area contributed by atoms with Gasteiger partial charge in [0.2, 0.25) is 0 Å². The summed E-state index contributed by atoms with van der Waals surface area (Å²) >= 11 is 5.83. The molecule has 0 amide bonds. The number of hydrogen-bond donors (Lipinski definition) is 2. The molecule has 2 N–H and O–H groups in total. The summed E-state index contributed by atoms with van der Waals surface area (Å²) in [6, 6.07) is 8.76. The van der Waals surface area contributed by atoms with Crippen molar-refractivity contribution < 1.29 is 0 Å². The SMILES string of the molecule is Clc1ccc(CNCCC2CCCN2)cc1. The monoisotopic (exact) mass is 238 g/mol. The highest BCUT2D eigenvalue weighted by molar-refractivity contribution is 6.30. The summed E-state index contributed by atoms with van der Waals surface area (Å²) < 4.78 is 0. The predicted molar refractivity (Wildman–Crippen MR) is 68.8 cm³/mol. The molecule has 0 radical (unpaired) electrons. The molecular formula is C13H19ClN2. The van der Waals surface area contributed by atoms with E-state index in [4.69, 9.17) is 11.6 Å². The number of benzene rings is 1. The maximum absolute atomic E-state index is 5.83. The van der Waals surface area contributed by atoms with Crippen molar-refractivity contribution in [2.24, 2.45) is 0 Å². The van der Waals surface area contributed by atoms with Crippen LogP contribution in [0.4, 0.5) is 0 Å². The van der Waals surface area contributed by atoms with Gasteiger partial charge in [-0.3, -0.25) is 0 Å². The van der Waals surface area contributed by atoms with Crippen LogP contribution in [0.15, 0.2) is 24.3 Å². The van der Waals surface area contributed by atoms with E-state index in [0.717, 1.165) is 24.2 Å². The Bertz CT molecular complexity index is 304. The molecule has 3 heteroatoms. The Hall–Kier alpha value is -0.570. The van der Waals surface area contributed by atoms with Crippen molar-refractivity contribution in [3.8, 4) is 0 Å². The molecule has 1 saturated heterocycles. The van der Waals surface area contributed by atoms with Gasteiger partial charge in [-0.05, 0) is 50.0 Å². The Labute approximate surface area is 102 Å². The molecular weight excluding hydrogens is 220 g/mol. The highest BCUT2D eigenvalue weighted by Gasteiger charge is 2.12. The van der Waals surface area contributed by atoms with E-state index in [9.17, 15) is 0 Å². The Morgan fingerprint density at radius 1 is 1.31 bits per heavy atom. The lowest BCUT2D eigenvalue weighted by molar-refractivity contribution is 0.523. The fraction of sp³-hybridized carbons (Fsp3) is 0.538. The second kappa shape index (κ2) is 6.24. The van der Waals surface area contributed by atoms with Crippen LogP contribution in [0.1, 0.15) is 24.8 Å². The molecule has 0 saturated carbocycles. The normalized spacial score (nSPS) is 20.2. The summed E-state index contributed by atoms with van der Waals surface area (Å²) in [6.07, 6.45) is 3.90. The van der Waals surface area contributed by atoms with Crippen LogP contribution >= 0.6 is 11.6 Å². The van der Waals surface area contributed by atoms with Gasteiger partial charge in [-0.1, -0.05) is 23.7 Å². The molecule has 1 heterocycles. The average molecular weight is 239 g/mol. The Balaban J connectivity index is 1.62. The number of rotatable bonds is 5. The summed E-state index contributed by atoms with van der Waals surface area (Å²) in [5, 5.41) is 7.77. The van der Waals surface area contributed by atoms with Crippen molar-refractivity contribution >= 4 is 11.6 Å². The van der Waals surface area contributed by atoms with Crippen LogP contribution in [0, 0.1) is 0 Å². The number of hydrogen-bond acceptors (Lipinski definition) is 2. The minimum absolute atomic E-state index is 0.734. The Kier molecular flexibility index (Phi) is 4.64. The first-order valence-electron chi connectivity index (χ1n) is 6.03. The van der Waals surface area contributed by atoms with E-state index in [-0.39, 0.29) is 0 Å². The van der Waals surface area contributed by atoms with Crippen molar-refractivity contribution in [3.63, 3.8) is 0 Å². The number of nitrogens with one attached hydrogen (secondary N) is 2. The van der Waals surface area contributed by atoms with Gasteiger partial charge < -0.3 is 10.6 Å². The van der Waals surface area contributed by atoms with Crippen LogP contribution in [-0.4, -0.2) is 19.1 Å². The van der Waals surface area contributed by atoms with Gasteiger partial charge in [0.15, 0.2) is 0 Å². The smallest absolute Gasteiger partial charge is 0.0406 e. The minimum Gasteiger partial charge on any atom is -0.314 e. The van der Waals surface area contributed by atoms with E-state index in [1.54, 1.807) is 0 Å². The topological polar surface area (TPSA) is 24.1 Å². The molecule has 1 aliphatic heterocycles. The predicted octanol–water partition coefficient (Wildman–Crippen LogP) is 2.57. The summed E-state index contributed by atoms with van der Waals surface area (Å²) in [5.41, 5.74) is 1.30. The Morgan fingerprint density at radius 2 is 2.12 bits per heavy atom. The van der Waals surface area contributed by atoms with Crippen molar-refractivity contribution in [1.29, 1.82) is 0 Å². The van der Waals surface area contributed by atoms with Crippen molar-refractivity contribution in [2.75, 3.05) is 13.1 Å². The zero-order chi connectivity index (χ0) is 11.2. The van der Waals surface area contributed by atoms with Gasteiger partial charge in [0, 0.05) is 17.6 Å². The minimum atomic E-state index is 0.734. The largest absolute Gasteiger partial charge is 0.314 e. The zero-order valence-electron chi connectivity index (χ0n) is 9.51. The standard InChI is InChI=1S/C13H19ClN2/c14-12-5-3-11(4-6-12)10-15-9-7-13-2-1-8-16-13/h3-6,13,15-16H,1-2,7-10H2. The van der Waals surface area contributed by atoms with Crippen molar-refractivity contribution in [2.45, 2.75) is 31.8 Å². The van der Waals surface area contributed by atoms with Gasteiger partial charge in [0.25, 0.3) is 0 Å². The van der Waals surface area contributed by atoms with E-state index in [2.05, 4.69) is 22.8 Å². The lowest BCUT2D eigenvalue weighted by Crippen LogP contribution is -2.26. The first-order valence-corrected chi connectivity index (χ1v) is 6.41. The van der Waals surface area contributed by atoms with Crippen LogP contribution in [0.3, 0.4) is 0 Å². The molecule has 1 aliphatic rings. The van der Waals surface area contributed by atoms with Crippen molar-refractivity contribution in [3.05, 3.63) is 34.9 Å². The molecule has 1 atom stereocenters. The molecule has 0 bridgehead atoms. The second-order valence-corrected chi connectivity index (χ2v) is 4.82. The van der Waals surface area contributed by atoms with Crippen LogP contribution in [0.25, 0.3) is 0 Å². The molecule has 2 rings (SSSR count). The van der Waals surface area contributed by atoms with Gasteiger partial charge >= 0.3 is 0 Å². The summed E-state index contributed by atoms with van der Waals surface area (Å²) in [4.78, 5) is 0. The molecule has 1 aromatic carbocycles. The molecule has 88 valence electrons.